The van der Waals surface area contributed by atoms with Gasteiger partial charge in [-0.25, -0.2) is 4.99 Å². The van der Waals surface area contributed by atoms with Crippen LogP contribution in [0.5, 0.6) is 0 Å². The predicted octanol–water partition coefficient (Wildman–Crippen LogP) is 2.23. The summed E-state index contributed by atoms with van der Waals surface area (Å²) in [5.41, 5.74) is -2.79. The van der Waals surface area contributed by atoms with Crippen molar-refractivity contribution in [3.63, 3.8) is 0 Å². The summed E-state index contributed by atoms with van der Waals surface area (Å²) >= 11 is 0. The Hall–Kier alpha value is -2.84. The molecule has 1 aromatic heterocycles. The van der Waals surface area contributed by atoms with Gasteiger partial charge in [0.2, 0.25) is 0 Å². The second kappa shape index (κ2) is 5.11. The van der Waals surface area contributed by atoms with E-state index in [0.717, 1.165) is 0 Å². The molecule has 1 aliphatic rings. The van der Waals surface area contributed by atoms with Gasteiger partial charge in [-0.2, -0.15) is 13.2 Å². The molecule has 1 aromatic carbocycles. The van der Waals surface area contributed by atoms with Crippen LogP contribution in [0.1, 0.15) is 11.3 Å². The Morgan fingerprint density at radius 2 is 1.96 bits per heavy atom. The molecule has 1 aliphatic heterocycles. The average molecular weight is 324 g/mol. The van der Waals surface area contributed by atoms with Gasteiger partial charge in [0.15, 0.2) is 5.82 Å². The van der Waals surface area contributed by atoms with Crippen LogP contribution in [0.3, 0.4) is 0 Å². The summed E-state index contributed by atoms with van der Waals surface area (Å²) in [5, 5.41) is 7.63. The first kappa shape index (κ1) is 15.1. The summed E-state index contributed by atoms with van der Waals surface area (Å²) in [5.74, 6) is -1.42. The van der Waals surface area contributed by atoms with Gasteiger partial charge in [0.25, 0.3) is 5.91 Å². The van der Waals surface area contributed by atoms with E-state index in [1.54, 1.807) is 30.3 Å². The van der Waals surface area contributed by atoms with Crippen molar-refractivity contribution in [3.05, 3.63) is 47.7 Å². The summed E-state index contributed by atoms with van der Waals surface area (Å²) in [6.07, 6.45) is -4.97. The minimum absolute atomic E-state index is 0.166. The lowest BCUT2D eigenvalue weighted by atomic mass is 10.1. The molecule has 9 heteroatoms. The molecule has 2 N–H and O–H groups in total. The number of aromatic nitrogens is 1. The van der Waals surface area contributed by atoms with Crippen molar-refractivity contribution in [1.29, 1.82) is 0 Å². The summed E-state index contributed by atoms with van der Waals surface area (Å²) in [4.78, 5) is 15.7. The molecule has 6 nitrogen and oxygen atoms in total. The van der Waals surface area contributed by atoms with Gasteiger partial charge in [-0.15, -0.1) is 0 Å². The number of aliphatic imine (C=N–C) groups is 1. The van der Waals surface area contributed by atoms with Crippen molar-refractivity contribution in [1.82, 2.24) is 10.5 Å². The van der Waals surface area contributed by atoms with Gasteiger partial charge in [0.05, 0.1) is 0 Å². The van der Waals surface area contributed by atoms with Crippen LogP contribution in [0.25, 0.3) is 0 Å². The maximum atomic E-state index is 13.6. The van der Waals surface area contributed by atoms with E-state index >= 15 is 0 Å². The summed E-state index contributed by atoms with van der Waals surface area (Å²) in [7, 11) is 0. The Labute approximate surface area is 128 Å². The molecule has 2 heterocycles. The van der Waals surface area contributed by atoms with E-state index in [0.29, 0.717) is 11.3 Å². The zero-order valence-corrected chi connectivity index (χ0v) is 11.8. The topological polar surface area (TPSA) is 79.5 Å². The van der Waals surface area contributed by atoms with Gasteiger partial charge in [-0.3, -0.25) is 4.79 Å². The molecule has 120 valence electrons. The number of anilines is 1. The van der Waals surface area contributed by atoms with Gasteiger partial charge in [0, 0.05) is 11.6 Å². The highest BCUT2D eigenvalue weighted by molar-refractivity contribution is 6.16. The minimum atomic E-state index is -4.97. The molecular formula is C14H11F3N4O2. The van der Waals surface area contributed by atoms with E-state index in [-0.39, 0.29) is 11.7 Å². The maximum absolute atomic E-state index is 13.6. The van der Waals surface area contributed by atoms with E-state index in [9.17, 15) is 18.0 Å². The molecule has 0 saturated heterocycles. The second-order valence-electron chi connectivity index (χ2n) is 4.94. The van der Waals surface area contributed by atoms with Gasteiger partial charge in [0.1, 0.15) is 11.6 Å². The Kier molecular flexibility index (Phi) is 3.35. The Balaban J connectivity index is 2.05. The van der Waals surface area contributed by atoms with Crippen LogP contribution in [0, 0.1) is 6.92 Å². The molecule has 2 aromatic rings. The molecule has 3 rings (SSSR count). The Morgan fingerprint density at radius 1 is 1.26 bits per heavy atom. The zero-order valence-electron chi connectivity index (χ0n) is 11.8. The summed E-state index contributed by atoms with van der Waals surface area (Å²) in [6, 6.07) is 9.31. The van der Waals surface area contributed by atoms with Crippen LogP contribution in [0.4, 0.5) is 19.0 Å². The van der Waals surface area contributed by atoms with Crippen molar-refractivity contribution < 1.29 is 22.5 Å². The number of amidine groups is 1. The predicted molar refractivity (Wildman–Crippen MR) is 74.8 cm³/mol. The SMILES string of the molecule is Cc1cc(N[C@]2(C(F)(F)F)N=C(c3ccccc3)NC2=O)no1. The number of amides is 1. The number of benzene rings is 1. The smallest absolute Gasteiger partial charge is 0.360 e. The fourth-order valence-corrected chi connectivity index (χ4v) is 2.14. The highest BCUT2D eigenvalue weighted by Gasteiger charge is 2.64. The first-order chi connectivity index (χ1) is 10.8. The number of carbonyl (C=O) groups excluding carboxylic acids is 1. The second-order valence-corrected chi connectivity index (χ2v) is 4.94. The molecule has 0 unspecified atom stereocenters. The summed E-state index contributed by atoms with van der Waals surface area (Å²) < 4.78 is 45.4. The quantitative estimate of drug-likeness (QED) is 0.907. The van der Waals surface area contributed by atoms with E-state index < -0.39 is 17.7 Å². The number of halogens is 3. The molecule has 23 heavy (non-hydrogen) atoms. The Morgan fingerprint density at radius 3 is 2.52 bits per heavy atom. The number of hydrogen-bond donors (Lipinski definition) is 2. The fraction of sp³-hybridized carbons (Fsp3) is 0.214. The van der Waals surface area contributed by atoms with Gasteiger partial charge in [-0.1, -0.05) is 35.5 Å². The lowest BCUT2D eigenvalue weighted by molar-refractivity contribution is -0.181. The lowest BCUT2D eigenvalue weighted by Gasteiger charge is -2.26. The first-order valence-corrected chi connectivity index (χ1v) is 6.57. The lowest BCUT2D eigenvalue weighted by Crippen LogP contribution is -2.57. The molecule has 1 amide bonds. The standard InChI is InChI=1S/C14H11F3N4O2/c1-8-7-10(21-23-8)19-13(14(15,16)17)12(22)18-11(20-13)9-5-3-2-4-6-9/h2-7H,1H3,(H,19,21)(H,18,20,22)/t13-/m0/s1. The van der Waals surface area contributed by atoms with E-state index in [1.807, 2.05) is 5.32 Å². The largest absolute Gasteiger partial charge is 0.442 e. The molecule has 0 spiro atoms. The number of rotatable bonds is 3. The zero-order chi connectivity index (χ0) is 16.7. The molecule has 0 fully saturated rings. The molecule has 0 saturated carbocycles. The number of alkyl halides is 3. The average Bonchev–Trinajstić information content (AvgIpc) is 3.04. The highest BCUT2D eigenvalue weighted by Crippen LogP contribution is 2.37. The van der Waals surface area contributed by atoms with Crippen molar-refractivity contribution in [3.8, 4) is 0 Å². The number of aryl methyl sites for hydroxylation is 1. The van der Waals surface area contributed by atoms with Crippen molar-refractivity contribution in [2.24, 2.45) is 4.99 Å². The monoisotopic (exact) mass is 324 g/mol. The fourth-order valence-electron chi connectivity index (χ4n) is 2.14. The van der Waals surface area contributed by atoms with Crippen LogP contribution >= 0.6 is 0 Å². The molecule has 0 bridgehead atoms. The third-order valence-corrected chi connectivity index (χ3v) is 3.23. The van der Waals surface area contributed by atoms with Crippen LogP contribution in [-0.2, 0) is 4.79 Å². The van der Waals surface area contributed by atoms with Crippen molar-refractivity contribution >= 4 is 17.6 Å². The van der Waals surface area contributed by atoms with Crippen LogP contribution in [0.2, 0.25) is 0 Å². The first-order valence-electron chi connectivity index (χ1n) is 6.57. The number of carbonyl (C=O) groups is 1. The molecule has 0 radical (unpaired) electrons. The van der Waals surface area contributed by atoms with Crippen molar-refractivity contribution in [2.45, 2.75) is 18.8 Å². The molecule has 1 atom stereocenters. The van der Waals surface area contributed by atoms with Gasteiger partial charge < -0.3 is 15.2 Å². The van der Waals surface area contributed by atoms with Crippen LogP contribution < -0.4 is 10.6 Å². The highest BCUT2D eigenvalue weighted by atomic mass is 19.4. The summed E-state index contributed by atoms with van der Waals surface area (Å²) in [6.45, 7) is 1.52. The van der Waals surface area contributed by atoms with Gasteiger partial charge in [-0.05, 0) is 6.92 Å². The van der Waals surface area contributed by atoms with E-state index in [4.69, 9.17) is 4.52 Å². The molecule has 0 aliphatic carbocycles. The number of hydrogen-bond acceptors (Lipinski definition) is 5. The van der Waals surface area contributed by atoms with E-state index in [2.05, 4.69) is 15.5 Å². The normalized spacial score (nSPS) is 21.0. The molecular weight excluding hydrogens is 313 g/mol. The van der Waals surface area contributed by atoms with Crippen molar-refractivity contribution in [2.75, 3.05) is 5.32 Å². The third kappa shape index (κ3) is 2.54. The maximum Gasteiger partial charge on any atom is 0.442 e. The number of nitrogens with zero attached hydrogens (tertiary/aromatic N) is 2. The third-order valence-electron chi connectivity index (χ3n) is 3.23. The van der Waals surface area contributed by atoms with Gasteiger partial charge >= 0.3 is 11.8 Å². The van der Waals surface area contributed by atoms with Crippen LogP contribution in [0.15, 0.2) is 45.9 Å². The number of nitrogens with one attached hydrogen (secondary N) is 2. The Bertz CT molecular complexity index is 770. The van der Waals surface area contributed by atoms with E-state index in [1.165, 1.54) is 13.0 Å². The minimum Gasteiger partial charge on any atom is -0.360 e. The van der Waals surface area contributed by atoms with Crippen LogP contribution in [-0.4, -0.2) is 28.7 Å².